The summed E-state index contributed by atoms with van der Waals surface area (Å²) in [7, 11) is 11.2. The van der Waals surface area contributed by atoms with E-state index in [1.807, 2.05) is 0 Å². The van der Waals surface area contributed by atoms with Gasteiger partial charge in [0, 0.05) is 0 Å². The Morgan fingerprint density at radius 1 is 1.60 bits per heavy atom. The summed E-state index contributed by atoms with van der Waals surface area (Å²) in [6.07, 6.45) is 0.385. The van der Waals surface area contributed by atoms with Crippen LogP contribution in [0.25, 0.3) is 0 Å². The Morgan fingerprint density at radius 3 is 2.60 bits per heavy atom. The summed E-state index contributed by atoms with van der Waals surface area (Å²) in [5, 5.41) is 0. The van der Waals surface area contributed by atoms with Crippen LogP contribution in [-0.2, 0) is 9.53 Å². The second kappa shape index (κ2) is 6.55. The second-order valence-corrected chi connectivity index (χ2v) is 12.4. The maximum absolute atomic E-state index is 10.6. The van der Waals surface area contributed by atoms with Gasteiger partial charge in [0.05, 0.1) is 0 Å². The van der Waals surface area contributed by atoms with E-state index in [0.717, 1.165) is 0 Å². The first-order valence-electron chi connectivity index (χ1n) is 2.99. The van der Waals surface area contributed by atoms with Crippen molar-refractivity contribution in [3.8, 4) is 0 Å². The summed E-state index contributed by atoms with van der Waals surface area (Å²) in [6.45, 7) is 2.21. The summed E-state index contributed by atoms with van der Waals surface area (Å²) in [4.78, 5) is 10.6. The van der Waals surface area contributed by atoms with E-state index < -0.39 is 17.5 Å². The van der Waals surface area contributed by atoms with Crippen LogP contribution in [-0.4, -0.2) is 30.1 Å². The zero-order chi connectivity index (χ0) is 7.98. The molecule has 0 fully saturated rings. The van der Waals surface area contributed by atoms with Crippen LogP contribution in [0.2, 0.25) is 4.44 Å². The van der Waals surface area contributed by atoms with Crippen molar-refractivity contribution >= 4 is 41.3 Å². The fourth-order valence-corrected chi connectivity index (χ4v) is 2.82. The van der Waals surface area contributed by atoms with Crippen molar-refractivity contribution in [3.63, 3.8) is 0 Å². The number of halogens is 2. The zero-order valence-corrected chi connectivity index (χ0v) is 10.1. The Kier molecular flexibility index (Phi) is 7.11. The predicted molar refractivity (Wildman–Crippen MR) is 43.5 cm³/mol. The molecule has 0 aromatic carbocycles. The minimum absolute atomic E-state index is 0.193. The Morgan fingerprint density at radius 2 is 2.20 bits per heavy atom. The van der Waals surface area contributed by atoms with Gasteiger partial charge in [-0.3, -0.25) is 0 Å². The van der Waals surface area contributed by atoms with Crippen molar-refractivity contribution in [2.45, 2.75) is 17.8 Å². The zero-order valence-electron chi connectivity index (χ0n) is 5.69. The first kappa shape index (κ1) is 10.8. The average molecular weight is 291 g/mol. The summed E-state index contributed by atoms with van der Waals surface area (Å²) >= 11 is -2.08. The van der Waals surface area contributed by atoms with E-state index in [0.29, 0.717) is 17.5 Å². The van der Waals surface area contributed by atoms with E-state index >= 15 is 0 Å². The molecule has 0 rings (SSSR count). The van der Waals surface area contributed by atoms with Gasteiger partial charge in [0.15, 0.2) is 0 Å². The molecule has 0 N–H and O–H groups in total. The Bertz CT molecular complexity index is 108. The molecular formula is C5H9Cl2O2Sn+. The molecule has 2 nitrogen and oxygen atoms in total. The molecule has 0 aromatic rings. The molecular weight excluding hydrogens is 282 g/mol. The fraction of sp³-hybridized carbons (Fsp3) is 0.800. The van der Waals surface area contributed by atoms with Gasteiger partial charge in [0.25, 0.3) is 0 Å². The van der Waals surface area contributed by atoms with Crippen LogP contribution >= 0.6 is 17.8 Å². The molecule has 0 heterocycles. The second-order valence-electron chi connectivity index (χ2n) is 1.64. The molecule has 0 aliphatic carbocycles. The van der Waals surface area contributed by atoms with E-state index in [-0.39, 0.29) is 5.97 Å². The Balaban J connectivity index is 3.22. The molecule has 0 atom stereocenters. The molecule has 0 spiro atoms. The number of carbonyl (C=O) groups is 1. The molecule has 0 aromatic heterocycles. The van der Waals surface area contributed by atoms with E-state index in [9.17, 15) is 4.79 Å². The van der Waals surface area contributed by atoms with Crippen LogP contribution in [0.15, 0.2) is 0 Å². The van der Waals surface area contributed by atoms with Gasteiger partial charge >= 0.3 is 75.2 Å². The van der Waals surface area contributed by atoms with E-state index in [1.54, 1.807) is 6.92 Å². The minimum atomic E-state index is -2.08. The number of ether oxygens (including phenoxy) is 1. The van der Waals surface area contributed by atoms with Crippen molar-refractivity contribution in [1.82, 2.24) is 0 Å². The standard InChI is InChI=1S/C5H9O2.2ClH.Sn/c1-3-5(6)7-4-2;;;/h1,3-4H2,2H3;2*1H;/q;;;+3/p-2. The van der Waals surface area contributed by atoms with Crippen molar-refractivity contribution in [1.29, 1.82) is 0 Å². The van der Waals surface area contributed by atoms with Crippen LogP contribution in [0.5, 0.6) is 0 Å². The number of rotatable bonds is 4. The molecule has 0 unspecified atom stereocenters. The number of carbonyl (C=O) groups excluding carboxylic acids is 1. The van der Waals surface area contributed by atoms with Gasteiger partial charge < -0.3 is 0 Å². The molecule has 0 saturated carbocycles. The maximum atomic E-state index is 10.6. The van der Waals surface area contributed by atoms with Crippen LogP contribution in [0.3, 0.4) is 0 Å². The molecule has 0 aliphatic rings. The van der Waals surface area contributed by atoms with Crippen LogP contribution in [0, 0.1) is 0 Å². The average Bonchev–Trinajstić information content (AvgIpc) is 1.85. The summed E-state index contributed by atoms with van der Waals surface area (Å²) in [5.41, 5.74) is 0. The summed E-state index contributed by atoms with van der Waals surface area (Å²) in [5.74, 6) is -0.193. The Hall–Kier alpha value is 0.849. The summed E-state index contributed by atoms with van der Waals surface area (Å²) in [6, 6.07) is 0. The van der Waals surface area contributed by atoms with Crippen LogP contribution < -0.4 is 0 Å². The normalized spacial score (nSPS) is 9.10. The first-order valence-corrected chi connectivity index (χ1v) is 12.2. The number of hydrogen-bond donors (Lipinski definition) is 0. The Labute approximate surface area is 75.0 Å². The van der Waals surface area contributed by atoms with E-state index in [4.69, 9.17) is 17.8 Å². The third-order valence-electron chi connectivity index (χ3n) is 0.823. The van der Waals surface area contributed by atoms with Gasteiger partial charge in [0.1, 0.15) is 0 Å². The third-order valence-corrected chi connectivity index (χ3v) is 5.15. The topological polar surface area (TPSA) is 26.3 Å². The summed E-state index contributed by atoms with van der Waals surface area (Å²) < 4.78 is 5.32. The van der Waals surface area contributed by atoms with Crippen LogP contribution in [0.1, 0.15) is 13.3 Å². The van der Waals surface area contributed by atoms with Gasteiger partial charge in [-0.25, -0.2) is 0 Å². The van der Waals surface area contributed by atoms with Gasteiger partial charge in [0.2, 0.25) is 0 Å². The molecule has 58 valence electrons. The van der Waals surface area contributed by atoms with E-state index in [1.165, 1.54) is 0 Å². The molecule has 0 bridgehead atoms. The van der Waals surface area contributed by atoms with Crippen molar-refractivity contribution in [2.75, 3.05) is 6.61 Å². The monoisotopic (exact) mass is 291 g/mol. The van der Waals surface area contributed by atoms with Crippen molar-refractivity contribution in [2.24, 2.45) is 0 Å². The third kappa shape index (κ3) is 6.96. The number of esters is 1. The molecule has 10 heavy (non-hydrogen) atoms. The van der Waals surface area contributed by atoms with Gasteiger partial charge in [-0.1, -0.05) is 0 Å². The molecule has 5 heteroatoms. The van der Waals surface area contributed by atoms with Crippen molar-refractivity contribution in [3.05, 3.63) is 0 Å². The molecule has 0 saturated heterocycles. The van der Waals surface area contributed by atoms with Crippen molar-refractivity contribution < 1.29 is 9.53 Å². The SMILES string of the molecule is CCOC(=O)C[CH2][Sn+]([Cl])[Cl]. The molecule has 0 radical (unpaired) electrons. The molecule has 0 amide bonds. The number of hydrogen-bond acceptors (Lipinski definition) is 2. The predicted octanol–water partition coefficient (Wildman–Crippen LogP) is 1.91. The fourth-order valence-electron chi connectivity index (χ4n) is 0.430. The van der Waals surface area contributed by atoms with Gasteiger partial charge in [-0.2, -0.15) is 0 Å². The van der Waals surface area contributed by atoms with Gasteiger partial charge in [-0.15, -0.1) is 0 Å². The quantitative estimate of drug-likeness (QED) is 0.584. The van der Waals surface area contributed by atoms with Gasteiger partial charge in [-0.05, 0) is 0 Å². The molecule has 0 aliphatic heterocycles. The van der Waals surface area contributed by atoms with E-state index in [2.05, 4.69) is 4.74 Å². The van der Waals surface area contributed by atoms with Crippen LogP contribution in [0.4, 0.5) is 0 Å². The first-order chi connectivity index (χ1) is 4.66.